The lowest BCUT2D eigenvalue weighted by atomic mass is 10.3. The highest BCUT2D eigenvalue weighted by atomic mass is 28.4. The number of hydrogen-bond donors (Lipinski definition) is 0. The highest BCUT2D eigenvalue weighted by Gasteiger charge is 2.42. The first-order valence-electron chi connectivity index (χ1n) is 7.02. The summed E-state index contributed by atoms with van der Waals surface area (Å²) in [6.45, 7) is 6.16. The quantitative estimate of drug-likeness (QED) is 0.631. The van der Waals surface area contributed by atoms with Crippen molar-refractivity contribution in [3.05, 3.63) is 0 Å². The fourth-order valence-electron chi connectivity index (χ4n) is 2.85. The smallest absolute Gasteiger partial charge is 0.338 e. The topological polar surface area (TPSA) is 18.5 Å². The van der Waals surface area contributed by atoms with Crippen molar-refractivity contribution < 1.29 is 8.85 Å². The first-order chi connectivity index (χ1) is 7.74. The van der Waals surface area contributed by atoms with Crippen molar-refractivity contribution in [2.75, 3.05) is 13.2 Å². The lowest BCUT2D eigenvalue weighted by Gasteiger charge is -2.32. The van der Waals surface area contributed by atoms with Crippen LogP contribution in [0.1, 0.15) is 51.9 Å². The largest absolute Gasteiger partial charge is 0.394 e. The molecule has 94 valence electrons. The summed E-state index contributed by atoms with van der Waals surface area (Å²) in [5.74, 6) is 0.975. The molecule has 0 spiro atoms. The van der Waals surface area contributed by atoms with Crippen LogP contribution in [0.4, 0.5) is 0 Å². The van der Waals surface area contributed by atoms with Crippen molar-refractivity contribution in [1.29, 1.82) is 0 Å². The van der Waals surface area contributed by atoms with Gasteiger partial charge in [0.1, 0.15) is 0 Å². The Bertz CT molecular complexity index is 212. The van der Waals surface area contributed by atoms with Crippen LogP contribution >= 0.6 is 0 Å². The number of rotatable bonds is 7. The third-order valence-corrected chi connectivity index (χ3v) is 7.84. The minimum absolute atomic E-state index is 0.756. The molecular formula is C13H26O2Si. The fraction of sp³-hybridized carbons (Fsp3) is 1.00. The maximum absolute atomic E-state index is 6.22. The second-order valence-corrected chi connectivity index (χ2v) is 8.94. The van der Waals surface area contributed by atoms with E-state index in [9.17, 15) is 0 Å². The van der Waals surface area contributed by atoms with Gasteiger partial charge in [0.2, 0.25) is 0 Å². The molecule has 3 heteroatoms. The first kappa shape index (κ1) is 12.6. The highest BCUT2D eigenvalue weighted by molar-refractivity contribution is 6.67. The van der Waals surface area contributed by atoms with E-state index < -0.39 is 8.56 Å². The van der Waals surface area contributed by atoms with E-state index in [1.54, 1.807) is 0 Å². The molecule has 0 N–H and O–H groups in total. The molecule has 0 aromatic rings. The molecule has 0 amide bonds. The lowest BCUT2D eigenvalue weighted by molar-refractivity contribution is 0.166. The van der Waals surface area contributed by atoms with E-state index in [2.05, 4.69) is 13.5 Å². The van der Waals surface area contributed by atoms with Gasteiger partial charge in [-0.05, 0) is 38.7 Å². The normalized spacial score (nSPS) is 25.9. The van der Waals surface area contributed by atoms with Crippen LogP contribution in [0.25, 0.3) is 0 Å². The molecule has 0 aliphatic heterocycles. The Morgan fingerprint density at radius 1 is 1.06 bits per heavy atom. The maximum atomic E-state index is 6.22. The molecule has 1 unspecified atom stereocenters. The summed E-state index contributed by atoms with van der Waals surface area (Å²) in [5, 5.41) is 0. The summed E-state index contributed by atoms with van der Waals surface area (Å²) < 4.78 is 12.3. The molecule has 2 nitrogen and oxygen atoms in total. The summed E-state index contributed by atoms with van der Waals surface area (Å²) in [7, 11) is -1.86. The zero-order valence-corrected chi connectivity index (χ0v) is 11.8. The van der Waals surface area contributed by atoms with Crippen LogP contribution in [0.3, 0.4) is 0 Å². The molecular weight excluding hydrogens is 216 g/mol. The molecule has 0 radical (unpaired) electrons. The molecule has 1 atom stereocenters. The molecule has 2 saturated carbocycles. The van der Waals surface area contributed by atoms with Gasteiger partial charge >= 0.3 is 8.56 Å². The molecule has 2 fully saturated rings. The molecule has 2 rings (SSSR count). The second-order valence-electron chi connectivity index (χ2n) is 5.51. The molecule has 0 aromatic heterocycles. The van der Waals surface area contributed by atoms with Crippen LogP contribution in [0.2, 0.25) is 12.1 Å². The summed E-state index contributed by atoms with van der Waals surface area (Å²) in [4.78, 5) is 0. The predicted octanol–water partition coefficient (Wildman–Crippen LogP) is 3.86. The third-order valence-electron chi connectivity index (χ3n) is 4.14. The first-order valence-corrected chi connectivity index (χ1v) is 9.42. The van der Waals surface area contributed by atoms with Crippen molar-refractivity contribution in [1.82, 2.24) is 0 Å². The molecule has 0 saturated heterocycles. The van der Waals surface area contributed by atoms with E-state index in [1.165, 1.54) is 44.9 Å². The molecule has 16 heavy (non-hydrogen) atoms. The zero-order valence-electron chi connectivity index (χ0n) is 10.8. The Balaban J connectivity index is 1.79. The summed E-state index contributed by atoms with van der Waals surface area (Å²) in [5.41, 5.74) is 0.756. The van der Waals surface area contributed by atoms with E-state index in [0.29, 0.717) is 0 Å². The van der Waals surface area contributed by atoms with E-state index in [0.717, 1.165) is 24.7 Å². The van der Waals surface area contributed by atoms with Gasteiger partial charge in [0.05, 0.1) is 0 Å². The average Bonchev–Trinajstić information content (AvgIpc) is 2.91. The van der Waals surface area contributed by atoms with Crippen molar-refractivity contribution in [3.63, 3.8) is 0 Å². The van der Waals surface area contributed by atoms with E-state index in [-0.39, 0.29) is 0 Å². The van der Waals surface area contributed by atoms with Gasteiger partial charge in [0, 0.05) is 18.8 Å². The van der Waals surface area contributed by atoms with E-state index in [4.69, 9.17) is 8.85 Å². The Hall–Kier alpha value is 0.137. The highest BCUT2D eigenvalue weighted by Crippen LogP contribution is 2.40. The molecule has 0 bridgehead atoms. The summed E-state index contributed by atoms with van der Waals surface area (Å²) in [6.07, 6.45) is 9.57. The van der Waals surface area contributed by atoms with Crippen LogP contribution in [0.5, 0.6) is 0 Å². The fourth-order valence-corrected chi connectivity index (χ4v) is 5.96. The Labute approximate surface area is 101 Å². The van der Waals surface area contributed by atoms with Crippen LogP contribution in [0, 0.1) is 5.92 Å². The predicted molar refractivity (Wildman–Crippen MR) is 68.8 cm³/mol. The average molecular weight is 242 g/mol. The van der Waals surface area contributed by atoms with Gasteiger partial charge in [0.25, 0.3) is 0 Å². The van der Waals surface area contributed by atoms with Gasteiger partial charge in [-0.3, -0.25) is 0 Å². The van der Waals surface area contributed by atoms with Gasteiger partial charge in [-0.25, -0.2) is 0 Å². The minimum atomic E-state index is -1.86. The van der Waals surface area contributed by atoms with Crippen LogP contribution in [-0.2, 0) is 8.85 Å². The van der Waals surface area contributed by atoms with Gasteiger partial charge in [-0.1, -0.05) is 25.7 Å². The SMILES string of the molecule is CCO[Si](C)(OCCC1CC1)C1CCCC1. The van der Waals surface area contributed by atoms with Crippen molar-refractivity contribution in [2.45, 2.75) is 64.0 Å². The van der Waals surface area contributed by atoms with Gasteiger partial charge in [0.15, 0.2) is 0 Å². The van der Waals surface area contributed by atoms with Gasteiger partial charge in [-0.15, -0.1) is 0 Å². The third kappa shape index (κ3) is 3.31. The minimum Gasteiger partial charge on any atom is -0.394 e. The standard InChI is InChI=1S/C13H26O2Si/c1-3-14-16(2,13-6-4-5-7-13)15-11-10-12-8-9-12/h12-13H,3-11H2,1-2H3. The van der Waals surface area contributed by atoms with Crippen molar-refractivity contribution in [2.24, 2.45) is 5.92 Å². The monoisotopic (exact) mass is 242 g/mol. The maximum Gasteiger partial charge on any atom is 0.338 e. The van der Waals surface area contributed by atoms with Crippen LogP contribution in [0.15, 0.2) is 0 Å². The lowest BCUT2D eigenvalue weighted by Crippen LogP contribution is -2.43. The van der Waals surface area contributed by atoms with Crippen LogP contribution < -0.4 is 0 Å². The summed E-state index contributed by atoms with van der Waals surface area (Å²) >= 11 is 0. The summed E-state index contributed by atoms with van der Waals surface area (Å²) in [6, 6.07) is 0. The van der Waals surface area contributed by atoms with Crippen molar-refractivity contribution in [3.8, 4) is 0 Å². The molecule has 0 heterocycles. The van der Waals surface area contributed by atoms with Crippen LogP contribution in [-0.4, -0.2) is 21.8 Å². The molecule has 2 aliphatic carbocycles. The van der Waals surface area contributed by atoms with E-state index >= 15 is 0 Å². The van der Waals surface area contributed by atoms with Crippen molar-refractivity contribution >= 4 is 8.56 Å². The van der Waals surface area contributed by atoms with Gasteiger partial charge < -0.3 is 8.85 Å². The molecule has 0 aromatic carbocycles. The Morgan fingerprint density at radius 2 is 1.75 bits per heavy atom. The van der Waals surface area contributed by atoms with Gasteiger partial charge in [-0.2, -0.15) is 0 Å². The Kier molecular flexibility index (Phi) is 4.45. The molecule has 2 aliphatic rings. The number of hydrogen-bond acceptors (Lipinski definition) is 2. The Morgan fingerprint density at radius 3 is 2.31 bits per heavy atom. The second kappa shape index (κ2) is 5.65. The van der Waals surface area contributed by atoms with E-state index in [1.807, 2.05) is 0 Å². The zero-order chi connectivity index (χ0) is 11.4.